The Labute approximate surface area is 106 Å². The van der Waals surface area contributed by atoms with Crippen molar-refractivity contribution in [2.24, 2.45) is 0 Å². The first-order chi connectivity index (χ1) is 8.66. The van der Waals surface area contributed by atoms with Crippen LogP contribution in [0.4, 0.5) is 0 Å². The molecule has 2 atom stereocenters. The van der Waals surface area contributed by atoms with Crippen molar-refractivity contribution >= 4 is 5.97 Å². The van der Waals surface area contributed by atoms with Crippen LogP contribution in [0, 0.1) is 11.8 Å². The lowest BCUT2D eigenvalue weighted by atomic mass is 10.0. The fourth-order valence-electron chi connectivity index (χ4n) is 1.59. The molecule has 2 rings (SSSR count). The molecular formula is C14H14O4. The van der Waals surface area contributed by atoms with Gasteiger partial charge in [0.05, 0.1) is 19.3 Å². The van der Waals surface area contributed by atoms with Crippen LogP contribution in [0.15, 0.2) is 24.3 Å². The van der Waals surface area contributed by atoms with Crippen molar-refractivity contribution < 1.29 is 19.4 Å². The average molecular weight is 246 g/mol. The van der Waals surface area contributed by atoms with E-state index in [4.69, 9.17) is 14.6 Å². The predicted molar refractivity (Wildman–Crippen MR) is 65.1 cm³/mol. The van der Waals surface area contributed by atoms with E-state index in [9.17, 15) is 4.79 Å². The summed E-state index contributed by atoms with van der Waals surface area (Å²) in [4.78, 5) is 10.5. The molecule has 0 saturated carbocycles. The van der Waals surface area contributed by atoms with Gasteiger partial charge in [0.25, 0.3) is 0 Å². The minimum atomic E-state index is -1.13. The van der Waals surface area contributed by atoms with Gasteiger partial charge in [-0.1, -0.05) is 24.1 Å². The predicted octanol–water partition coefficient (Wildman–Crippen LogP) is 1.60. The highest BCUT2D eigenvalue weighted by Crippen LogP contribution is 2.22. The zero-order valence-corrected chi connectivity index (χ0v) is 10.1. The number of hydrogen-bond acceptors (Lipinski definition) is 3. The molecule has 18 heavy (non-hydrogen) atoms. The minimum absolute atomic E-state index is 0.131. The Bertz CT molecular complexity index is 494. The summed E-state index contributed by atoms with van der Waals surface area (Å²) in [5, 5.41) is 8.57. The van der Waals surface area contributed by atoms with Crippen LogP contribution in [0.25, 0.3) is 0 Å². The van der Waals surface area contributed by atoms with Crippen molar-refractivity contribution in [1.82, 2.24) is 0 Å². The summed E-state index contributed by atoms with van der Waals surface area (Å²) in [6, 6.07) is 7.39. The molecule has 1 aromatic rings. The number of aliphatic carboxylic acids is 1. The molecule has 1 aliphatic rings. The molecule has 1 saturated heterocycles. The molecule has 94 valence electrons. The Morgan fingerprint density at radius 2 is 2.33 bits per heavy atom. The molecule has 4 nitrogen and oxygen atoms in total. The van der Waals surface area contributed by atoms with Crippen molar-refractivity contribution in [3.05, 3.63) is 35.4 Å². The molecule has 1 fully saturated rings. The summed E-state index contributed by atoms with van der Waals surface area (Å²) in [5.41, 5.74) is 1.58. The zero-order chi connectivity index (χ0) is 13.0. The third kappa shape index (κ3) is 3.59. The highest BCUT2D eigenvalue weighted by Gasteiger charge is 2.24. The maximum Gasteiger partial charge on any atom is 0.382 e. The first-order valence-electron chi connectivity index (χ1n) is 5.74. The summed E-state index contributed by atoms with van der Waals surface area (Å²) >= 11 is 0. The number of rotatable bonds is 4. The Hall–Kier alpha value is -1.83. The molecule has 0 radical (unpaired) electrons. The fraction of sp³-hybridized carbons (Fsp3) is 0.357. The number of hydrogen-bond donors (Lipinski definition) is 1. The second-order valence-electron chi connectivity index (χ2n) is 4.07. The number of epoxide rings is 1. The van der Waals surface area contributed by atoms with Gasteiger partial charge in [0.2, 0.25) is 0 Å². The minimum Gasteiger partial charge on any atom is -0.472 e. The van der Waals surface area contributed by atoms with Gasteiger partial charge in [-0.3, -0.25) is 0 Å². The quantitative estimate of drug-likeness (QED) is 0.647. The van der Waals surface area contributed by atoms with E-state index in [1.807, 2.05) is 25.1 Å². The molecule has 4 heteroatoms. The Kier molecular flexibility index (Phi) is 3.98. The van der Waals surface area contributed by atoms with E-state index in [0.29, 0.717) is 12.2 Å². The maximum absolute atomic E-state index is 10.5. The first-order valence-corrected chi connectivity index (χ1v) is 5.74. The van der Waals surface area contributed by atoms with E-state index >= 15 is 0 Å². The SMILES string of the molecule is CC(OC[C@H]1CO1)c1ccccc1C#CC(=O)O. The summed E-state index contributed by atoms with van der Waals surface area (Å²) in [7, 11) is 0. The van der Waals surface area contributed by atoms with Gasteiger partial charge in [0.1, 0.15) is 6.10 Å². The van der Waals surface area contributed by atoms with Gasteiger partial charge in [-0.25, -0.2) is 4.79 Å². The normalized spacial score (nSPS) is 18.6. The fourth-order valence-corrected chi connectivity index (χ4v) is 1.59. The van der Waals surface area contributed by atoms with Crippen LogP contribution in [0.3, 0.4) is 0 Å². The molecule has 0 aliphatic carbocycles. The van der Waals surface area contributed by atoms with Gasteiger partial charge >= 0.3 is 5.97 Å². The van der Waals surface area contributed by atoms with Gasteiger partial charge in [-0.05, 0) is 18.6 Å². The summed E-state index contributed by atoms with van der Waals surface area (Å²) < 4.78 is 10.7. The van der Waals surface area contributed by atoms with Crippen molar-refractivity contribution in [3.8, 4) is 11.8 Å². The number of carboxylic acids is 1. The van der Waals surface area contributed by atoms with Crippen molar-refractivity contribution in [3.63, 3.8) is 0 Å². The standard InChI is InChI=1S/C14H14O4/c1-10(17-8-12-9-18-12)13-5-3-2-4-11(13)6-7-14(15)16/h2-5,10,12H,8-9H2,1H3,(H,15,16)/t10?,12-/m0/s1. The maximum atomic E-state index is 10.5. The summed E-state index contributed by atoms with van der Waals surface area (Å²) in [5.74, 6) is 3.62. The summed E-state index contributed by atoms with van der Waals surface area (Å²) in [6.07, 6.45) is 0.0817. The van der Waals surface area contributed by atoms with E-state index in [0.717, 1.165) is 12.2 Å². The lowest BCUT2D eigenvalue weighted by Crippen LogP contribution is -2.07. The largest absolute Gasteiger partial charge is 0.472 e. The van der Waals surface area contributed by atoms with Crippen LogP contribution in [-0.2, 0) is 14.3 Å². The van der Waals surface area contributed by atoms with Crippen LogP contribution in [0.1, 0.15) is 24.2 Å². The summed E-state index contributed by atoms with van der Waals surface area (Å²) in [6.45, 7) is 3.23. The highest BCUT2D eigenvalue weighted by molar-refractivity contribution is 5.87. The van der Waals surface area contributed by atoms with Crippen LogP contribution in [0.5, 0.6) is 0 Å². The van der Waals surface area contributed by atoms with Crippen LogP contribution >= 0.6 is 0 Å². The monoisotopic (exact) mass is 246 g/mol. The molecule has 0 spiro atoms. The van der Waals surface area contributed by atoms with Gasteiger partial charge in [0, 0.05) is 11.5 Å². The van der Waals surface area contributed by atoms with Crippen molar-refractivity contribution in [1.29, 1.82) is 0 Å². The van der Waals surface area contributed by atoms with E-state index < -0.39 is 5.97 Å². The van der Waals surface area contributed by atoms with Crippen molar-refractivity contribution in [2.75, 3.05) is 13.2 Å². The molecule has 1 aliphatic heterocycles. The van der Waals surface area contributed by atoms with Gasteiger partial charge in [0.15, 0.2) is 0 Å². The second kappa shape index (κ2) is 5.67. The first kappa shape index (κ1) is 12.6. The Morgan fingerprint density at radius 3 is 3.00 bits per heavy atom. The topological polar surface area (TPSA) is 59.1 Å². The molecular weight excluding hydrogens is 232 g/mol. The molecule has 0 bridgehead atoms. The van der Waals surface area contributed by atoms with E-state index in [-0.39, 0.29) is 12.2 Å². The lowest BCUT2D eigenvalue weighted by molar-refractivity contribution is -0.130. The number of benzene rings is 1. The Balaban J connectivity index is 2.10. The van der Waals surface area contributed by atoms with E-state index in [2.05, 4.69) is 11.8 Å². The Morgan fingerprint density at radius 1 is 1.61 bits per heavy atom. The number of ether oxygens (including phenoxy) is 2. The lowest BCUT2D eigenvalue weighted by Gasteiger charge is -2.14. The van der Waals surface area contributed by atoms with E-state index in [1.165, 1.54) is 0 Å². The molecule has 1 heterocycles. The van der Waals surface area contributed by atoms with Gasteiger partial charge in [-0.15, -0.1) is 0 Å². The third-order valence-corrected chi connectivity index (χ3v) is 2.64. The van der Waals surface area contributed by atoms with Crippen LogP contribution in [0.2, 0.25) is 0 Å². The number of carbonyl (C=O) groups is 1. The van der Waals surface area contributed by atoms with Gasteiger partial charge < -0.3 is 14.6 Å². The second-order valence-corrected chi connectivity index (χ2v) is 4.07. The van der Waals surface area contributed by atoms with Crippen LogP contribution in [-0.4, -0.2) is 30.4 Å². The average Bonchev–Trinajstić information content (AvgIpc) is 3.18. The molecule has 1 aromatic carbocycles. The molecule has 0 aromatic heterocycles. The highest BCUT2D eigenvalue weighted by atomic mass is 16.6. The molecule has 0 amide bonds. The zero-order valence-electron chi connectivity index (χ0n) is 10.1. The molecule has 1 unspecified atom stereocenters. The number of carboxylic acid groups (broad SMARTS) is 1. The van der Waals surface area contributed by atoms with Gasteiger partial charge in [-0.2, -0.15) is 0 Å². The van der Waals surface area contributed by atoms with Crippen LogP contribution < -0.4 is 0 Å². The van der Waals surface area contributed by atoms with Crippen molar-refractivity contribution in [2.45, 2.75) is 19.1 Å². The third-order valence-electron chi connectivity index (χ3n) is 2.64. The van der Waals surface area contributed by atoms with E-state index in [1.54, 1.807) is 6.07 Å². The smallest absolute Gasteiger partial charge is 0.382 e. The molecule has 1 N–H and O–H groups in total.